The minimum Gasteiger partial charge on any atom is -0.492 e. The van der Waals surface area contributed by atoms with E-state index in [1.807, 2.05) is 0 Å². The monoisotopic (exact) mass is 364 g/mol. The van der Waals surface area contributed by atoms with Crippen LogP contribution in [0.4, 0.5) is 0 Å². The number of thiocarbonyl (C=S) groups is 1. The number of hydrogen-bond acceptors (Lipinski definition) is 4. The average Bonchev–Trinajstić information content (AvgIpc) is 2.45. The maximum absolute atomic E-state index is 11.6. The molecule has 8 heteroatoms. The van der Waals surface area contributed by atoms with Crippen LogP contribution in [0.5, 0.6) is 5.75 Å². The van der Waals surface area contributed by atoms with Crippen LogP contribution in [0, 0.1) is 0 Å². The fraction of sp³-hybridized carbons (Fsp3) is 0.429. The first-order chi connectivity index (χ1) is 10.5. The average molecular weight is 365 g/mol. The van der Waals surface area contributed by atoms with Crippen LogP contribution in [-0.4, -0.2) is 35.9 Å². The molecule has 0 bridgehead atoms. The van der Waals surface area contributed by atoms with E-state index in [1.54, 1.807) is 18.2 Å². The Hall–Kier alpha value is -1.08. The highest BCUT2D eigenvalue weighted by molar-refractivity contribution is 7.80. The molecule has 0 heterocycles. The Bertz CT molecular complexity index is 515. The number of aliphatic hydroxyl groups excluding tert-OH is 1. The van der Waals surface area contributed by atoms with E-state index in [0.29, 0.717) is 41.8 Å². The number of ether oxygens (including phenoxy) is 1. The van der Waals surface area contributed by atoms with Crippen LogP contribution in [0.3, 0.4) is 0 Å². The number of carbonyl (C=O) groups is 1. The Morgan fingerprint density at radius 2 is 2.09 bits per heavy atom. The molecule has 1 aromatic rings. The molecule has 3 N–H and O–H groups in total. The molecule has 0 aliphatic rings. The van der Waals surface area contributed by atoms with Crippen molar-refractivity contribution >= 4 is 46.4 Å². The maximum atomic E-state index is 11.6. The van der Waals surface area contributed by atoms with Crippen LogP contribution in [0.25, 0.3) is 0 Å². The Labute approximate surface area is 144 Å². The zero-order valence-corrected chi connectivity index (χ0v) is 14.2. The standard InChI is InChI=1S/C14H18Cl2N2O3S/c15-10-4-5-12(11(16)9-10)21-8-1-3-13(20)18-14(22)17-6-2-7-19/h4-5,9,19H,1-3,6-8H2,(H2,17,18,20,22). The van der Waals surface area contributed by atoms with Crippen LogP contribution in [0.15, 0.2) is 18.2 Å². The van der Waals surface area contributed by atoms with Crippen LogP contribution in [-0.2, 0) is 4.79 Å². The van der Waals surface area contributed by atoms with Crippen molar-refractivity contribution in [1.82, 2.24) is 10.6 Å². The van der Waals surface area contributed by atoms with Crippen molar-refractivity contribution in [2.24, 2.45) is 0 Å². The summed E-state index contributed by atoms with van der Waals surface area (Å²) in [5, 5.41) is 15.3. The van der Waals surface area contributed by atoms with Gasteiger partial charge in [0, 0.05) is 24.6 Å². The van der Waals surface area contributed by atoms with Gasteiger partial charge < -0.3 is 20.5 Å². The van der Waals surface area contributed by atoms with Gasteiger partial charge in [-0.15, -0.1) is 0 Å². The van der Waals surface area contributed by atoms with Crippen molar-refractivity contribution in [2.45, 2.75) is 19.3 Å². The fourth-order valence-electron chi connectivity index (χ4n) is 1.52. The molecule has 5 nitrogen and oxygen atoms in total. The molecule has 0 unspecified atom stereocenters. The Balaban J connectivity index is 2.18. The van der Waals surface area contributed by atoms with Crippen molar-refractivity contribution < 1.29 is 14.6 Å². The molecule has 0 aliphatic heterocycles. The number of halogens is 2. The summed E-state index contributed by atoms with van der Waals surface area (Å²) < 4.78 is 5.48. The summed E-state index contributed by atoms with van der Waals surface area (Å²) in [4.78, 5) is 11.6. The Kier molecular flexibility index (Phi) is 9.15. The third-order valence-corrected chi connectivity index (χ3v) is 3.35. The van der Waals surface area contributed by atoms with Crippen molar-refractivity contribution in [3.63, 3.8) is 0 Å². The minimum absolute atomic E-state index is 0.0775. The lowest BCUT2D eigenvalue weighted by molar-refractivity contribution is -0.119. The van der Waals surface area contributed by atoms with Crippen LogP contribution >= 0.6 is 35.4 Å². The van der Waals surface area contributed by atoms with E-state index < -0.39 is 0 Å². The van der Waals surface area contributed by atoms with Crippen LogP contribution < -0.4 is 15.4 Å². The molecule has 0 fully saturated rings. The van der Waals surface area contributed by atoms with Gasteiger partial charge in [0.15, 0.2) is 5.11 Å². The van der Waals surface area contributed by atoms with Crippen molar-refractivity contribution in [3.8, 4) is 5.75 Å². The van der Waals surface area contributed by atoms with E-state index >= 15 is 0 Å². The number of benzene rings is 1. The molecule has 1 aromatic carbocycles. The van der Waals surface area contributed by atoms with Gasteiger partial charge in [0.2, 0.25) is 5.91 Å². The number of carbonyl (C=O) groups excluding carboxylic acids is 1. The van der Waals surface area contributed by atoms with Gasteiger partial charge in [-0.05, 0) is 43.3 Å². The fourth-order valence-corrected chi connectivity index (χ4v) is 2.20. The van der Waals surface area contributed by atoms with Gasteiger partial charge >= 0.3 is 0 Å². The Morgan fingerprint density at radius 3 is 2.77 bits per heavy atom. The molecular formula is C14H18Cl2N2O3S. The smallest absolute Gasteiger partial charge is 0.226 e. The van der Waals surface area contributed by atoms with Gasteiger partial charge in [-0.25, -0.2) is 0 Å². The van der Waals surface area contributed by atoms with Gasteiger partial charge in [0.05, 0.1) is 11.6 Å². The lowest BCUT2D eigenvalue weighted by Gasteiger charge is -2.10. The highest BCUT2D eigenvalue weighted by atomic mass is 35.5. The first kappa shape index (κ1) is 19.0. The highest BCUT2D eigenvalue weighted by Gasteiger charge is 2.06. The molecule has 0 atom stereocenters. The van der Waals surface area contributed by atoms with E-state index in [4.69, 9.17) is 45.3 Å². The molecule has 0 spiro atoms. The molecular weight excluding hydrogens is 347 g/mol. The molecule has 1 rings (SSSR count). The largest absolute Gasteiger partial charge is 0.492 e. The first-order valence-corrected chi connectivity index (χ1v) is 7.95. The number of aliphatic hydroxyl groups is 1. The van der Waals surface area contributed by atoms with E-state index in [1.165, 1.54) is 0 Å². The van der Waals surface area contributed by atoms with E-state index in [-0.39, 0.29) is 24.0 Å². The quantitative estimate of drug-likeness (QED) is 0.488. The molecule has 0 saturated heterocycles. The molecule has 22 heavy (non-hydrogen) atoms. The van der Waals surface area contributed by atoms with Gasteiger partial charge in [-0.2, -0.15) is 0 Å². The van der Waals surface area contributed by atoms with Gasteiger partial charge in [0.25, 0.3) is 0 Å². The summed E-state index contributed by atoms with van der Waals surface area (Å²) >= 11 is 16.7. The van der Waals surface area contributed by atoms with Crippen LogP contribution in [0.1, 0.15) is 19.3 Å². The summed E-state index contributed by atoms with van der Waals surface area (Å²) in [6.07, 6.45) is 1.39. The van der Waals surface area contributed by atoms with Crippen molar-refractivity contribution in [3.05, 3.63) is 28.2 Å². The molecule has 122 valence electrons. The topological polar surface area (TPSA) is 70.6 Å². The lowest BCUT2D eigenvalue weighted by Crippen LogP contribution is -2.39. The number of rotatable bonds is 8. The maximum Gasteiger partial charge on any atom is 0.226 e. The summed E-state index contributed by atoms with van der Waals surface area (Å²) in [5.74, 6) is 0.347. The summed E-state index contributed by atoms with van der Waals surface area (Å²) in [6.45, 7) is 0.960. The zero-order valence-electron chi connectivity index (χ0n) is 11.9. The van der Waals surface area contributed by atoms with Crippen LogP contribution in [0.2, 0.25) is 10.0 Å². The second-order valence-corrected chi connectivity index (χ2v) is 5.66. The molecule has 0 radical (unpaired) electrons. The molecule has 0 aliphatic carbocycles. The predicted molar refractivity (Wildman–Crippen MR) is 91.6 cm³/mol. The summed E-state index contributed by atoms with van der Waals surface area (Å²) in [6, 6.07) is 4.97. The third-order valence-electron chi connectivity index (χ3n) is 2.57. The minimum atomic E-state index is -0.188. The Morgan fingerprint density at radius 1 is 1.32 bits per heavy atom. The van der Waals surface area contributed by atoms with Gasteiger partial charge in [0.1, 0.15) is 5.75 Å². The third kappa shape index (κ3) is 7.79. The lowest BCUT2D eigenvalue weighted by atomic mass is 10.3. The van der Waals surface area contributed by atoms with E-state index in [0.717, 1.165) is 0 Å². The van der Waals surface area contributed by atoms with Crippen molar-refractivity contribution in [2.75, 3.05) is 19.8 Å². The molecule has 0 aromatic heterocycles. The van der Waals surface area contributed by atoms with Gasteiger partial charge in [-0.3, -0.25) is 4.79 Å². The van der Waals surface area contributed by atoms with E-state index in [9.17, 15) is 4.79 Å². The number of amides is 1. The predicted octanol–water partition coefficient (Wildman–Crippen LogP) is 2.53. The molecule has 0 saturated carbocycles. The highest BCUT2D eigenvalue weighted by Crippen LogP contribution is 2.27. The number of nitrogens with one attached hydrogen (secondary N) is 2. The second-order valence-electron chi connectivity index (χ2n) is 4.41. The van der Waals surface area contributed by atoms with E-state index in [2.05, 4.69) is 10.6 Å². The van der Waals surface area contributed by atoms with Gasteiger partial charge in [-0.1, -0.05) is 23.2 Å². The summed E-state index contributed by atoms with van der Waals surface area (Å²) in [5.41, 5.74) is 0. The SMILES string of the molecule is O=C(CCCOc1ccc(Cl)cc1Cl)NC(=S)NCCCO. The normalized spacial score (nSPS) is 10.1. The van der Waals surface area contributed by atoms with Crippen molar-refractivity contribution in [1.29, 1.82) is 0 Å². The summed E-state index contributed by atoms with van der Waals surface area (Å²) in [7, 11) is 0. The second kappa shape index (κ2) is 10.6. The molecule has 1 amide bonds. The number of hydrogen-bond donors (Lipinski definition) is 3. The first-order valence-electron chi connectivity index (χ1n) is 6.79. The zero-order chi connectivity index (χ0) is 16.4.